The Labute approximate surface area is 154 Å². The highest BCUT2D eigenvalue weighted by Gasteiger charge is 2.27. The first kappa shape index (κ1) is 17.9. The molecular weight excluding hydrogens is 348 g/mol. The lowest BCUT2D eigenvalue weighted by molar-refractivity contribution is -0.137. The zero-order valence-corrected chi connectivity index (χ0v) is 14.1. The fourth-order valence-electron chi connectivity index (χ4n) is 2.53. The molecule has 0 saturated carbocycles. The number of Topliss-reactive ketones (excluding diaryl/α,β-unsaturated/α-hetero) is 1. The summed E-state index contributed by atoms with van der Waals surface area (Å²) in [5.41, 5.74) is 6.07. The number of rotatable bonds is 7. The van der Waals surface area contributed by atoms with E-state index in [9.17, 15) is 14.4 Å². The Balaban J connectivity index is 1.84. The Morgan fingerprint density at radius 2 is 1.85 bits per heavy atom. The van der Waals surface area contributed by atoms with Crippen molar-refractivity contribution >= 4 is 17.6 Å². The second-order valence-corrected chi connectivity index (χ2v) is 5.64. The SMILES string of the molecule is NC(=O)C(=O)C(Cc1ccccc1)NC(=O)c1ccnn1-c1ccncn1. The number of carbonyl (C=O) groups excluding carboxylic acids is 3. The predicted molar refractivity (Wildman–Crippen MR) is 94.8 cm³/mol. The van der Waals surface area contributed by atoms with Gasteiger partial charge in [0.2, 0.25) is 5.78 Å². The molecule has 27 heavy (non-hydrogen) atoms. The molecule has 2 amide bonds. The van der Waals surface area contributed by atoms with Crippen LogP contribution >= 0.6 is 0 Å². The first-order chi connectivity index (χ1) is 13.1. The van der Waals surface area contributed by atoms with Crippen LogP contribution in [0.25, 0.3) is 5.82 Å². The fraction of sp³-hybridized carbons (Fsp3) is 0.111. The first-order valence-electron chi connectivity index (χ1n) is 8.05. The smallest absolute Gasteiger partial charge is 0.287 e. The number of primary amides is 1. The summed E-state index contributed by atoms with van der Waals surface area (Å²) in [6.45, 7) is 0. The number of hydrogen-bond acceptors (Lipinski definition) is 6. The molecule has 0 radical (unpaired) electrons. The molecular formula is C18H16N6O3. The van der Waals surface area contributed by atoms with E-state index in [2.05, 4.69) is 20.4 Å². The monoisotopic (exact) mass is 364 g/mol. The number of nitrogens with two attached hydrogens (primary N) is 1. The van der Waals surface area contributed by atoms with E-state index in [1.807, 2.05) is 6.07 Å². The normalized spacial score (nSPS) is 11.6. The number of ketones is 1. The number of amides is 2. The molecule has 2 heterocycles. The highest BCUT2D eigenvalue weighted by Crippen LogP contribution is 2.09. The average Bonchev–Trinajstić information content (AvgIpc) is 3.18. The third-order valence-electron chi connectivity index (χ3n) is 3.81. The number of aromatic nitrogens is 4. The minimum Gasteiger partial charge on any atom is -0.363 e. The van der Waals surface area contributed by atoms with E-state index in [1.165, 1.54) is 29.5 Å². The largest absolute Gasteiger partial charge is 0.363 e. The van der Waals surface area contributed by atoms with Gasteiger partial charge in [0.15, 0.2) is 5.82 Å². The molecule has 3 N–H and O–H groups in total. The summed E-state index contributed by atoms with van der Waals surface area (Å²) < 4.78 is 1.31. The maximum atomic E-state index is 12.7. The Kier molecular flexibility index (Phi) is 5.31. The molecule has 1 aromatic carbocycles. The summed E-state index contributed by atoms with van der Waals surface area (Å²) in [6.07, 6.45) is 4.41. The van der Waals surface area contributed by atoms with E-state index in [4.69, 9.17) is 5.73 Å². The number of benzene rings is 1. The van der Waals surface area contributed by atoms with E-state index in [0.29, 0.717) is 5.82 Å². The van der Waals surface area contributed by atoms with Crippen molar-refractivity contribution in [2.75, 3.05) is 0 Å². The molecule has 3 aromatic rings. The van der Waals surface area contributed by atoms with Crippen molar-refractivity contribution in [2.24, 2.45) is 5.73 Å². The third kappa shape index (κ3) is 4.21. The summed E-state index contributed by atoms with van der Waals surface area (Å²) in [7, 11) is 0. The molecule has 3 rings (SSSR count). The van der Waals surface area contributed by atoms with Gasteiger partial charge in [-0.1, -0.05) is 30.3 Å². The van der Waals surface area contributed by atoms with Gasteiger partial charge in [0.25, 0.3) is 11.8 Å². The van der Waals surface area contributed by atoms with Gasteiger partial charge in [0.1, 0.15) is 18.1 Å². The Morgan fingerprint density at radius 1 is 1.07 bits per heavy atom. The highest BCUT2D eigenvalue weighted by molar-refractivity contribution is 6.38. The quantitative estimate of drug-likeness (QED) is 0.570. The lowest BCUT2D eigenvalue weighted by Gasteiger charge is -2.16. The van der Waals surface area contributed by atoms with Gasteiger partial charge < -0.3 is 11.1 Å². The van der Waals surface area contributed by atoms with Crippen LogP contribution < -0.4 is 11.1 Å². The maximum absolute atomic E-state index is 12.7. The van der Waals surface area contributed by atoms with E-state index >= 15 is 0 Å². The molecule has 136 valence electrons. The highest BCUT2D eigenvalue weighted by atomic mass is 16.2. The summed E-state index contributed by atoms with van der Waals surface area (Å²) in [5, 5.41) is 6.63. The standard InChI is InChI=1S/C18H16N6O3/c19-17(26)16(25)13(10-12-4-2-1-3-5-12)23-18(27)14-6-9-22-24(14)15-7-8-20-11-21-15/h1-9,11,13H,10H2,(H2,19,26)(H,23,27). The van der Waals surface area contributed by atoms with Crippen LogP contribution in [0, 0.1) is 0 Å². The molecule has 2 aromatic heterocycles. The lowest BCUT2D eigenvalue weighted by Crippen LogP contribution is -2.47. The van der Waals surface area contributed by atoms with E-state index in [-0.39, 0.29) is 12.1 Å². The van der Waals surface area contributed by atoms with Crippen molar-refractivity contribution in [2.45, 2.75) is 12.5 Å². The topological polar surface area (TPSA) is 133 Å². The zero-order chi connectivity index (χ0) is 19.2. The third-order valence-corrected chi connectivity index (χ3v) is 3.81. The molecule has 0 saturated heterocycles. The number of hydrogen-bond donors (Lipinski definition) is 2. The molecule has 1 unspecified atom stereocenters. The minimum atomic E-state index is -1.11. The predicted octanol–water partition coefficient (Wildman–Crippen LogP) is 0.0578. The van der Waals surface area contributed by atoms with E-state index in [1.54, 1.807) is 30.3 Å². The zero-order valence-electron chi connectivity index (χ0n) is 14.1. The van der Waals surface area contributed by atoms with Crippen LogP contribution in [0.4, 0.5) is 0 Å². The van der Waals surface area contributed by atoms with E-state index < -0.39 is 23.6 Å². The summed E-state index contributed by atoms with van der Waals surface area (Å²) in [5.74, 6) is -2.18. The van der Waals surface area contributed by atoms with Crippen LogP contribution in [0.2, 0.25) is 0 Å². The van der Waals surface area contributed by atoms with Crippen LogP contribution in [0.5, 0.6) is 0 Å². The van der Waals surface area contributed by atoms with Crippen molar-refractivity contribution < 1.29 is 14.4 Å². The van der Waals surface area contributed by atoms with Crippen molar-refractivity contribution in [3.63, 3.8) is 0 Å². The molecule has 0 bridgehead atoms. The van der Waals surface area contributed by atoms with Gasteiger partial charge in [-0.2, -0.15) is 5.10 Å². The molecule has 0 fully saturated rings. The fourth-order valence-corrected chi connectivity index (χ4v) is 2.53. The maximum Gasteiger partial charge on any atom is 0.287 e. The Hall–Kier alpha value is -3.88. The first-order valence-corrected chi connectivity index (χ1v) is 8.05. The number of nitrogens with one attached hydrogen (secondary N) is 1. The second kappa shape index (κ2) is 8.00. The van der Waals surface area contributed by atoms with Gasteiger partial charge in [-0.05, 0) is 11.6 Å². The van der Waals surface area contributed by atoms with Crippen molar-refractivity contribution in [1.82, 2.24) is 25.1 Å². The van der Waals surface area contributed by atoms with Crippen molar-refractivity contribution in [3.05, 3.63) is 72.4 Å². The average molecular weight is 364 g/mol. The molecule has 0 aliphatic rings. The van der Waals surface area contributed by atoms with Crippen LogP contribution in [-0.4, -0.2) is 43.4 Å². The molecule has 0 spiro atoms. The molecule has 0 aliphatic carbocycles. The Morgan fingerprint density at radius 3 is 2.52 bits per heavy atom. The van der Waals surface area contributed by atoms with Gasteiger partial charge in [-0.3, -0.25) is 14.4 Å². The number of carbonyl (C=O) groups is 3. The summed E-state index contributed by atoms with van der Waals surface area (Å²) in [4.78, 5) is 44.1. The van der Waals surface area contributed by atoms with Crippen LogP contribution in [0.3, 0.4) is 0 Å². The summed E-state index contributed by atoms with van der Waals surface area (Å²) >= 11 is 0. The molecule has 0 aliphatic heterocycles. The van der Waals surface area contributed by atoms with E-state index in [0.717, 1.165) is 5.56 Å². The van der Waals surface area contributed by atoms with Crippen molar-refractivity contribution in [3.8, 4) is 5.82 Å². The minimum absolute atomic E-state index is 0.135. The van der Waals surface area contributed by atoms with Gasteiger partial charge in [-0.15, -0.1) is 0 Å². The lowest BCUT2D eigenvalue weighted by atomic mass is 10.0. The van der Waals surface area contributed by atoms with Crippen LogP contribution in [-0.2, 0) is 16.0 Å². The van der Waals surface area contributed by atoms with Gasteiger partial charge in [0, 0.05) is 18.7 Å². The van der Waals surface area contributed by atoms with Crippen LogP contribution in [0.15, 0.2) is 61.2 Å². The molecule has 9 nitrogen and oxygen atoms in total. The second-order valence-electron chi connectivity index (χ2n) is 5.64. The molecule has 1 atom stereocenters. The Bertz CT molecular complexity index is 955. The van der Waals surface area contributed by atoms with Gasteiger partial charge in [-0.25, -0.2) is 14.6 Å². The van der Waals surface area contributed by atoms with Crippen LogP contribution in [0.1, 0.15) is 16.1 Å². The van der Waals surface area contributed by atoms with Gasteiger partial charge >= 0.3 is 0 Å². The van der Waals surface area contributed by atoms with Crippen molar-refractivity contribution in [1.29, 1.82) is 0 Å². The molecule has 9 heteroatoms. The summed E-state index contributed by atoms with van der Waals surface area (Å²) in [6, 6.07) is 11.0. The van der Waals surface area contributed by atoms with Gasteiger partial charge in [0.05, 0.1) is 6.20 Å². The number of nitrogens with zero attached hydrogens (tertiary/aromatic N) is 4.